The fourth-order valence-corrected chi connectivity index (χ4v) is 7.64. The predicted octanol–water partition coefficient (Wildman–Crippen LogP) is 13.1. The molecule has 0 unspecified atom stereocenters. The van der Waals surface area contributed by atoms with Gasteiger partial charge in [-0.25, -0.2) is 0 Å². The van der Waals surface area contributed by atoms with Crippen LogP contribution in [0.4, 0.5) is 0 Å². The topological polar surface area (TPSA) is 0 Å². The molecule has 0 fully saturated rings. The lowest BCUT2D eigenvalue weighted by Gasteiger charge is -2.07. The summed E-state index contributed by atoms with van der Waals surface area (Å²) in [6.07, 6.45) is 0. The molecule has 0 amide bonds. The summed E-state index contributed by atoms with van der Waals surface area (Å²) in [6.45, 7) is 0. The molecule has 0 radical (unpaired) electrons. The van der Waals surface area contributed by atoms with E-state index in [1.807, 2.05) is 0 Å². The molecule has 0 aliphatic heterocycles. The monoisotopic (exact) mass is 728 g/mol. The van der Waals surface area contributed by atoms with Crippen molar-refractivity contribution >= 4 is 53.9 Å². The van der Waals surface area contributed by atoms with Gasteiger partial charge in [-0.3, -0.25) is 0 Å². The van der Waals surface area contributed by atoms with Crippen molar-refractivity contribution in [2.45, 2.75) is 0 Å². The van der Waals surface area contributed by atoms with Crippen LogP contribution in [0.3, 0.4) is 0 Å². The van der Waals surface area contributed by atoms with Crippen LogP contribution in [-0.2, 0) is 0 Å². The van der Waals surface area contributed by atoms with E-state index in [4.69, 9.17) is 0 Å². The van der Waals surface area contributed by atoms with Crippen molar-refractivity contribution in [2.75, 3.05) is 0 Å². The van der Waals surface area contributed by atoms with E-state index in [1.165, 1.54) is 0 Å². The standard InChI is InChI=1S/C58H32/c1-5-25-55-41(13-1)17-9-21-45(55)29-33-49-37-53-39-51(35-31-47-23-11-19-43-15-3-7-27-57(43)47)52(36-32-48-24-12-20-44-16-4-8-28-58(44)48)40-54(53)38-50(49)34-30-46-22-10-18-42-14-2-6-26-56(42)46/h1-28,37-40H. The molecular formula is C58H32. The Kier molecular flexibility index (Phi) is 8.92. The first kappa shape index (κ1) is 34.2. The van der Waals surface area contributed by atoms with E-state index in [1.54, 1.807) is 0 Å². The Morgan fingerprint density at radius 2 is 0.379 bits per heavy atom. The molecule has 0 spiro atoms. The van der Waals surface area contributed by atoms with Crippen LogP contribution in [-0.4, -0.2) is 0 Å². The van der Waals surface area contributed by atoms with Crippen LogP contribution >= 0.6 is 0 Å². The van der Waals surface area contributed by atoms with Crippen LogP contribution in [0.15, 0.2) is 194 Å². The van der Waals surface area contributed by atoms with Gasteiger partial charge in [0, 0.05) is 44.5 Å². The minimum absolute atomic E-state index is 0.857. The average Bonchev–Trinajstić information content (AvgIpc) is 3.28. The zero-order valence-electron chi connectivity index (χ0n) is 31.5. The molecule has 58 heavy (non-hydrogen) atoms. The normalized spacial score (nSPS) is 10.6. The Morgan fingerprint density at radius 3 is 0.638 bits per heavy atom. The first-order chi connectivity index (χ1) is 28.7. The molecule has 0 saturated carbocycles. The molecule has 264 valence electrons. The van der Waals surface area contributed by atoms with Gasteiger partial charge < -0.3 is 0 Å². The second kappa shape index (κ2) is 15.1. The Balaban J connectivity index is 1.18. The molecule has 0 heteroatoms. The third-order valence-electron chi connectivity index (χ3n) is 10.6. The van der Waals surface area contributed by atoms with E-state index in [2.05, 4.69) is 241 Å². The van der Waals surface area contributed by atoms with Crippen molar-refractivity contribution < 1.29 is 0 Å². The molecule has 0 atom stereocenters. The summed E-state index contributed by atoms with van der Waals surface area (Å²) in [6, 6.07) is 67.2. The zero-order chi connectivity index (χ0) is 38.7. The first-order valence-corrected chi connectivity index (χ1v) is 19.3. The summed E-state index contributed by atoms with van der Waals surface area (Å²) >= 11 is 0. The van der Waals surface area contributed by atoms with Gasteiger partial charge in [-0.05, 0) is 102 Å². The lowest BCUT2D eigenvalue weighted by Crippen LogP contribution is -1.91. The number of rotatable bonds is 0. The maximum absolute atomic E-state index is 3.55. The number of fused-ring (bicyclic) bond motifs is 5. The molecular weight excluding hydrogens is 697 g/mol. The minimum atomic E-state index is 0.857. The van der Waals surface area contributed by atoms with Gasteiger partial charge in [0.05, 0.1) is 0 Å². The second-order valence-electron chi connectivity index (χ2n) is 14.2. The third-order valence-corrected chi connectivity index (χ3v) is 10.6. The van der Waals surface area contributed by atoms with E-state index >= 15 is 0 Å². The van der Waals surface area contributed by atoms with E-state index in [0.29, 0.717) is 0 Å². The average molecular weight is 729 g/mol. The highest BCUT2D eigenvalue weighted by atomic mass is 14.1. The van der Waals surface area contributed by atoms with Gasteiger partial charge in [0.1, 0.15) is 0 Å². The largest absolute Gasteiger partial charge is 0.0616 e. The van der Waals surface area contributed by atoms with E-state index < -0.39 is 0 Å². The lowest BCUT2D eigenvalue weighted by atomic mass is 9.95. The van der Waals surface area contributed by atoms with Crippen molar-refractivity contribution in [3.05, 3.63) is 239 Å². The van der Waals surface area contributed by atoms with Crippen LogP contribution in [0.2, 0.25) is 0 Å². The number of hydrogen-bond donors (Lipinski definition) is 0. The minimum Gasteiger partial charge on any atom is -0.0616 e. The van der Waals surface area contributed by atoms with Crippen LogP contribution in [0.1, 0.15) is 44.5 Å². The summed E-state index contributed by atoms with van der Waals surface area (Å²) in [7, 11) is 0. The van der Waals surface area contributed by atoms with Gasteiger partial charge in [-0.15, -0.1) is 0 Å². The van der Waals surface area contributed by atoms with Crippen LogP contribution in [0.5, 0.6) is 0 Å². The molecule has 0 heterocycles. The Hall–Kier alpha value is -8.26. The summed E-state index contributed by atoms with van der Waals surface area (Å²) in [5.74, 6) is 28.2. The van der Waals surface area contributed by atoms with E-state index in [-0.39, 0.29) is 0 Å². The van der Waals surface area contributed by atoms with Crippen molar-refractivity contribution in [3.63, 3.8) is 0 Å². The molecule has 0 aliphatic rings. The Morgan fingerprint density at radius 1 is 0.172 bits per heavy atom. The molecule has 10 rings (SSSR count). The molecule has 0 saturated heterocycles. The molecule has 0 N–H and O–H groups in total. The summed E-state index contributed by atoms with van der Waals surface area (Å²) in [5.41, 5.74) is 7.34. The predicted molar refractivity (Wildman–Crippen MR) is 244 cm³/mol. The van der Waals surface area contributed by atoms with Crippen LogP contribution < -0.4 is 0 Å². The maximum Gasteiger partial charge on any atom is 0.0412 e. The Labute approximate surface area is 338 Å². The SMILES string of the molecule is C(#Cc1cccc2ccccc12)c1cc2cc(C#Cc3cccc4ccccc34)c(C#Cc3cccc4ccccc34)cc2cc1C#Cc1cccc2ccccc12. The number of hydrogen-bond acceptors (Lipinski definition) is 0. The van der Waals surface area contributed by atoms with Crippen LogP contribution in [0.25, 0.3) is 53.9 Å². The highest BCUT2D eigenvalue weighted by molar-refractivity contribution is 5.93. The fraction of sp³-hybridized carbons (Fsp3) is 0. The second-order valence-corrected chi connectivity index (χ2v) is 14.2. The summed E-state index contributed by atoms with van der Waals surface area (Å²) in [4.78, 5) is 0. The van der Waals surface area contributed by atoms with Gasteiger partial charge in [0.25, 0.3) is 0 Å². The highest BCUT2D eigenvalue weighted by Crippen LogP contribution is 2.27. The van der Waals surface area contributed by atoms with Crippen LogP contribution in [0, 0.1) is 47.4 Å². The summed E-state index contributed by atoms with van der Waals surface area (Å²) < 4.78 is 0. The molecule has 0 aliphatic carbocycles. The quantitative estimate of drug-likeness (QED) is 0.136. The van der Waals surface area contributed by atoms with Gasteiger partial charge in [-0.2, -0.15) is 0 Å². The molecule has 0 bridgehead atoms. The van der Waals surface area contributed by atoms with Gasteiger partial charge in [0.2, 0.25) is 0 Å². The van der Waals surface area contributed by atoms with Gasteiger partial charge in [0.15, 0.2) is 0 Å². The lowest BCUT2D eigenvalue weighted by molar-refractivity contribution is 1.59. The van der Waals surface area contributed by atoms with Gasteiger partial charge in [-0.1, -0.05) is 193 Å². The summed E-state index contributed by atoms with van der Waals surface area (Å²) in [5, 5.41) is 11.2. The van der Waals surface area contributed by atoms with Crippen molar-refractivity contribution in [3.8, 4) is 47.4 Å². The van der Waals surface area contributed by atoms with Gasteiger partial charge >= 0.3 is 0 Å². The fourth-order valence-electron chi connectivity index (χ4n) is 7.64. The first-order valence-electron chi connectivity index (χ1n) is 19.3. The molecule has 0 aromatic heterocycles. The zero-order valence-corrected chi connectivity index (χ0v) is 31.5. The van der Waals surface area contributed by atoms with Crippen molar-refractivity contribution in [1.82, 2.24) is 0 Å². The van der Waals surface area contributed by atoms with E-state index in [0.717, 1.165) is 98.4 Å². The van der Waals surface area contributed by atoms with E-state index in [9.17, 15) is 0 Å². The number of benzene rings is 10. The molecule has 10 aromatic carbocycles. The molecule has 10 aromatic rings. The maximum atomic E-state index is 3.55. The van der Waals surface area contributed by atoms with Crippen molar-refractivity contribution in [2.24, 2.45) is 0 Å². The third kappa shape index (κ3) is 6.81. The smallest absolute Gasteiger partial charge is 0.0412 e. The molecule has 0 nitrogen and oxygen atoms in total. The highest BCUT2D eigenvalue weighted by Gasteiger charge is 2.09. The Bertz CT molecular complexity index is 3040. The van der Waals surface area contributed by atoms with Crippen molar-refractivity contribution in [1.29, 1.82) is 0 Å².